The third-order valence-electron chi connectivity index (χ3n) is 2.89. The summed E-state index contributed by atoms with van der Waals surface area (Å²) >= 11 is 0. The first-order chi connectivity index (χ1) is 8.25. The first kappa shape index (κ1) is 10.3. The zero-order valence-electron chi connectivity index (χ0n) is 9.86. The zero-order valence-corrected chi connectivity index (χ0v) is 9.86. The average molecular weight is 230 g/mol. The van der Waals surface area contributed by atoms with Crippen LogP contribution in [0, 0.1) is 0 Å². The van der Waals surface area contributed by atoms with Crippen molar-refractivity contribution >= 4 is 0 Å². The molecule has 0 aliphatic carbocycles. The van der Waals surface area contributed by atoms with Crippen LogP contribution in [0.5, 0.6) is 0 Å². The Kier molecular flexibility index (Phi) is 2.36. The van der Waals surface area contributed by atoms with Gasteiger partial charge in [0, 0.05) is 18.7 Å². The van der Waals surface area contributed by atoms with E-state index in [0.717, 1.165) is 24.5 Å². The second-order valence-electron chi connectivity index (χ2n) is 4.45. The quantitative estimate of drug-likeness (QED) is 0.804. The normalized spacial score (nSPS) is 14.3. The van der Waals surface area contributed by atoms with Crippen molar-refractivity contribution in [1.29, 1.82) is 0 Å². The van der Waals surface area contributed by atoms with E-state index >= 15 is 0 Å². The van der Waals surface area contributed by atoms with Crippen LogP contribution in [-0.4, -0.2) is 25.1 Å². The van der Waals surface area contributed by atoms with Crippen molar-refractivity contribution in [3.05, 3.63) is 23.3 Å². The molecule has 0 fully saturated rings. The molecule has 6 nitrogen and oxygen atoms in total. The van der Waals surface area contributed by atoms with Gasteiger partial charge in [0.25, 0.3) is 0 Å². The van der Waals surface area contributed by atoms with Gasteiger partial charge in [-0.25, -0.2) is 15.0 Å². The fourth-order valence-electron chi connectivity index (χ4n) is 2.09. The molecule has 2 aromatic heterocycles. The van der Waals surface area contributed by atoms with Gasteiger partial charge in [-0.1, -0.05) is 13.8 Å². The van der Waals surface area contributed by atoms with Crippen molar-refractivity contribution < 1.29 is 0 Å². The fourth-order valence-corrected chi connectivity index (χ4v) is 2.09. The molecule has 0 radical (unpaired) electrons. The molecule has 1 aliphatic heterocycles. The van der Waals surface area contributed by atoms with E-state index in [4.69, 9.17) is 0 Å². The summed E-state index contributed by atoms with van der Waals surface area (Å²) in [6.45, 7) is 5.95. The SMILES string of the molecule is CC(C)c1nc(-c2ncn[nH]2)nc2c1CNC2. The first-order valence-corrected chi connectivity index (χ1v) is 5.72. The lowest BCUT2D eigenvalue weighted by atomic mass is 10.0. The summed E-state index contributed by atoms with van der Waals surface area (Å²) in [5.41, 5.74) is 3.42. The Bertz CT molecular complexity index is 531. The van der Waals surface area contributed by atoms with Crippen molar-refractivity contribution in [3.63, 3.8) is 0 Å². The lowest BCUT2D eigenvalue weighted by molar-refractivity contribution is 0.746. The summed E-state index contributed by atoms with van der Waals surface area (Å²) in [7, 11) is 0. The van der Waals surface area contributed by atoms with Gasteiger partial charge in [-0.3, -0.25) is 5.10 Å². The van der Waals surface area contributed by atoms with Crippen LogP contribution in [0.2, 0.25) is 0 Å². The summed E-state index contributed by atoms with van der Waals surface area (Å²) in [4.78, 5) is 13.2. The highest BCUT2D eigenvalue weighted by molar-refractivity contribution is 5.46. The van der Waals surface area contributed by atoms with Crippen molar-refractivity contribution in [1.82, 2.24) is 30.5 Å². The maximum Gasteiger partial charge on any atom is 0.197 e. The molecule has 0 saturated carbocycles. The number of fused-ring (bicyclic) bond motifs is 1. The van der Waals surface area contributed by atoms with Crippen LogP contribution in [0.1, 0.15) is 36.7 Å². The molecule has 0 unspecified atom stereocenters. The highest BCUT2D eigenvalue weighted by atomic mass is 15.2. The van der Waals surface area contributed by atoms with E-state index in [1.54, 1.807) is 0 Å². The van der Waals surface area contributed by atoms with Crippen molar-refractivity contribution in [2.45, 2.75) is 32.9 Å². The van der Waals surface area contributed by atoms with Gasteiger partial charge in [0.05, 0.1) is 11.4 Å². The number of nitrogens with one attached hydrogen (secondary N) is 2. The van der Waals surface area contributed by atoms with Crippen molar-refractivity contribution in [2.24, 2.45) is 0 Å². The number of hydrogen-bond donors (Lipinski definition) is 2. The average Bonchev–Trinajstić information content (AvgIpc) is 2.98. The minimum absolute atomic E-state index is 0.383. The van der Waals surface area contributed by atoms with E-state index in [9.17, 15) is 0 Å². The molecule has 88 valence electrons. The van der Waals surface area contributed by atoms with Crippen LogP contribution >= 0.6 is 0 Å². The predicted octanol–water partition coefficient (Wildman–Crippen LogP) is 0.988. The predicted molar refractivity (Wildman–Crippen MR) is 62.0 cm³/mol. The number of H-pyrrole nitrogens is 1. The van der Waals surface area contributed by atoms with Gasteiger partial charge in [0.1, 0.15) is 6.33 Å². The lowest BCUT2D eigenvalue weighted by Gasteiger charge is -2.10. The number of rotatable bonds is 2. The topological polar surface area (TPSA) is 79.4 Å². The summed E-state index contributed by atoms with van der Waals surface area (Å²) in [5.74, 6) is 1.64. The number of hydrogen-bond acceptors (Lipinski definition) is 5. The molecule has 3 heterocycles. The molecule has 0 aromatic carbocycles. The molecule has 2 N–H and O–H groups in total. The minimum Gasteiger partial charge on any atom is -0.307 e. The molecule has 2 aromatic rings. The molecule has 3 rings (SSSR count). The Balaban J connectivity index is 2.16. The van der Waals surface area contributed by atoms with Crippen molar-refractivity contribution in [3.8, 4) is 11.6 Å². The van der Waals surface area contributed by atoms with E-state index in [2.05, 4.69) is 44.3 Å². The number of aromatic nitrogens is 5. The Labute approximate surface area is 98.9 Å². The Morgan fingerprint density at radius 1 is 1.24 bits per heavy atom. The minimum atomic E-state index is 0.383. The maximum atomic E-state index is 4.60. The summed E-state index contributed by atoms with van der Waals surface area (Å²) in [6.07, 6.45) is 1.47. The summed E-state index contributed by atoms with van der Waals surface area (Å²) < 4.78 is 0. The van der Waals surface area contributed by atoms with E-state index < -0.39 is 0 Å². The van der Waals surface area contributed by atoms with Crippen LogP contribution in [0.3, 0.4) is 0 Å². The van der Waals surface area contributed by atoms with E-state index in [0.29, 0.717) is 17.6 Å². The molecule has 0 spiro atoms. The monoisotopic (exact) mass is 230 g/mol. The van der Waals surface area contributed by atoms with E-state index in [1.165, 1.54) is 11.9 Å². The third-order valence-corrected chi connectivity index (χ3v) is 2.89. The van der Waals surface area contributed by atoms with Crippen LogP contribution in [-0.2, 0) is 13.1 Å². The van der Waals surface area contributed by atoms with Gasteiger partial charge in [-0.05, 0) is 5.92 Å². The maximum absolute atomic E-state index is 4.60. The molecule has 6 heteroatoms. The van der Waals surface area contributed by atoms with E-state index in [-0.39, 0.29) is 0 Å². The molecule has 1 aliphatic rings. The molecule has 0 bridgehead atoms. The van der Waals surface area contributed by atoms with Gasteiger partial charge in [-0.2, -0.15) is 5.10 Å². The van der Waals surface area contributed by atoms with Gasteiger partial charge >= 0.3 is 0 Å². The number of nitrogens with zero attached hydrogens (tertiary/aromatic N) is 4. The largest absolute Gasteiger partial charge is 0.307 e. The second kappa shape index (κ2) is 3.89. The highest BCUT2D eigenvalue weighted by Crippen LogP contribution is 2.25. The molecule has 17 heavy (non-hydrogen) atoms. The van der Waals surface area contributed by atoms with Gasteiger partial charge in [-0.15, -0.1) is 0 Å². The second-order valence-corrected chi connectivity index (χ2v) is 4.45. The van der Waals surface area contributed by atoms with Crippen molar-refractivity contribution in [2.75, 3.05) is 0 Å². The smallest absolute Gasteiger partial charge is 0.197 e. The van der Waals surface area contributed by atoms with Gasteiger partial charge in [0.2, 0.25) is 0 Å². The summed E-state index contributed by atoms with van der Waals surface area (Å²) in [5, 5.41) is 9.95. The van der Waals surface area contributed by atoms with Crippen LogP contribution in [0.4, 0.5) is 0 Å². The molecule has 0 saturated heterocycles. The Morgan fingerprint density at radius 2 is 2.12 bits per heavy atom. The third kappa shape index (κ3) is 1.70. The van der Waals surface area contributed by atoms with Crippen LogP contribution in [0.15, 0.2) is 6.33 Å². The molecule has 0 amide bonds. The molecule has 0 atom stereocenters. The number of aromatic amines is 1. The van der Waals surface area contributed by atoms with Gasteiger partial charge < -0.3 is 5.32 Å². The highest BCUT2D eigenvalue weighted by Gasteiger charge is 2.21. The lowest BCUT2D eigenvalue weighted by Crippen LogP contribution is -2.05. The molecular formula is C11H14N6. The van der Waals surface area contributed by atoms with Crippen LogP contribution < -0.4 is 5.32 Å². The standard InChI is InChI=1S/C11H14N6/c1-6(2)9-7-3-12-4-8(7)15-11(16-9)10-13-5-14-17-10/h5-6,12H,3-4H2,1-2H3,(H,13,14,17). The summed E-state index contributed by atoms with van der Waals surface area (Å²) in [6, 6.07) is 0. The van der Waals surface area contributed by atoms with E-state index in [1.807, 2.05) is 0 Å². The first-order valence-electron chi connectivity index (χ1n) is 5.72. The van der Waals surface area contributed by atoms with Gasteiger partial charge in [0.15, 0.2) is 11.6 Å². The molecular weight excluding hydrogens is 216 g/mol. The zero-order chi connectivity index (χ0) is 11.8. The Hall–Kier alpha value is -1.82. The Morgan fingerprint density at radius 3 is 2.82 bits per heavy atom. The fraction of sp³-hybridized carbons (Fsp3) is 0.455. The van der Waals surface area contributed by atoms with Crippen LogP contribution in [0.25, 0.3) is 11.6 Å².